The van der Waals surface area contributed by atoms with Crippen molar-refractivity contribution in [3.05, 3.63) is 41.7 Å². The number of amides is 1. The smallest absolute Gasteiger partial charge is 0.353 e. The van der Waals surface area contributed by atoms with Gasteiger partial charge in [-0.3, -0.25) is 9.89 Å². The lowest BCUT2D eigenvalue weighted by molar-refractivity contribution is 0.0690. The third-order valence-electron chi connectivity index (χ3n) is 3.16. The van der Waals surface area contributed by atoms with Crippen LogP contribution in [-0.4, -0.2) is 40.8 Å². The molecule has 7 nitrogen and oxygen atoms in total. The molecule has 0 bridgehead atoms. The summed E-state index contributed by atoms with van der Waals surface area (Å²) >= 11 is 0. The molecule has 1 aromatic carbocycles. The molecule has 3 N–H and O–H groups in total. The summed E-state index contributed by atoms with van der Waals surface area (Å²) in [6.07, 6.45) is 0.986. The number of nitrogens with one attached hydrogen (secondary N) is 2. The van der Waals surface area contributed by atoms with Gasteiger partial charge in [0, 0.05) is 19.7 Å². The second-order valence-corrected chi connectivity index (χ2v) is 4.86. The molecule has 22 heavy (non-hydrogen) atoms. The molecule has 2 rings (SSSR count). The molecule has 0 spiro atoms. The predicted molar refractivity (Wildman–Crippen MR) is 83.5 cm³/mol. The highest BCUT2D eigenvalue weighted by atomic mass is 16.4. The zero-order valence-electron chi connectivity index (χ0n) is 12.5. The zero-order chi connectivity index (χ0) is 16.1. The molecule has 2 aromatic rings. The Hall–Kier alpha value is -2.83. The van der Waals surface area contributed by atoms with E-state index in [1.54, 1.807) is 6.07 Å². The van der Waals surface area contributed by atoms with Gasteiger partial charge < -0.3 is 15.3 Å². The van der Waals surface area contributed by atoms with Crippen LogP contribution in [-0.2, 0) is 0 Å². The number of para-hydroxylation sites is 2. The number of benzene rings is 1. The molecular formula is C15H18N4O3. The largest absolute Gasteiger partial charge is 0.477 e. The number of rotatable bonds is 6. The van der Waals surface area contributed by atoms with Crippen LogP contribution in [0, 0.1) is 0 Å². The first-order chi connectivity index (χ1) is 10.5. The molecule has 7 heteroatoms. The number of carboxylic acid groups (broad SMARTS) is 1. The number of aromatic carboxylic acids is 1. The Morgan fingerprint density at radius 3 is 2.73 bits per heavy atom. The van der Waals surface area contributed by atoms with E-state index in [4.69, 9.17) is 5.11 Å². The second-order valence-electron chi connectivity index (χ2n) is 4.86. The van der Waals surface area contributed by atoms with Crippen molar-refractivity contribution in [1.82, 2.24) is 10.2 Å². The molecule has 0 aliphatic rings. The van der Waals surface area contributed by atoms with Crippen LogP contribution in [0.15, 0.2) is 30.3 Å². The number of aromatic nitrogens is 2. The van der Waals surface area contributed by atoms with E-state index in [9.17, 15) is 9.59 Å². The molecule has 0 saturated heterocycles. The fourth-order valence-corrected chi connectivity index (χ4v) is 2.10. The summed E-state index contributed by atoms with van der Waals surface area (Å²) in [5, 5.41) is 17.6. The average Bonchev–Trinajstić information content (AvgIpc) is 2.98. The zero-order valence-corrected chi connectivity index (χ0v) is 12.5. The standard InChI is InChI=1S/C15H18N4O3/c1-3-8-19(2)13-7-5-4-6-10(13)16-14(20)11-9-12(15(21)22)18-17-11/h4-7,9H,3,8H2,1-2H3,(H,16,20)(H,17,18)(H,21,22). The van der Waals surface area contributed by atoms with Gasteiger partial charge in [0.25, 0.3) is 5.91 Å². The lowest BCUT2D eigenvalue weighted by atomic mass is 10.2. The number of hydrogen-bond acceptors (Lipinski definition) is 4. The molecule has 0 atom stereocenters. The van der Waals surface area contributed by atoms with Gasteiger partial charge in [-0.15, -0.1) is 0 Å². The summed E-state index contributed by atoms with van der Waals surface area (Å²) in [6.45, 7) is 2.94. The third-order valence-corrected chi connectivity index (χ3v) is 3.16. The number of aromatic amines is 1. The molecular weight excluding hydrogens is 284 g/mol. The van der Waals surface area contributed by atoms with Crippen molar-refractivity contribution in [2.75, 3.05) is 23.8 Å². The SMILES string of the molecule is CCCN(C)c1ccccc1NC(=O)c1cc(C(=O)O)[nH]n1. The van der Waals surface area contributed by atoms with Crippen LogP contribution < -0.4 is 10.2 Å². The van der Waals surface area contributed by atoms with Crippen LogP contribution in [0.1, 0.15) is 34.3 Å². The first-order valence-electron chi connectivity index (χ1n) is 6.93. The Labute approximate surface area is 128 Å². The van der Waals surface area contributed by atoms with Gasteiger partial charge in [0.05, 0.1) is 11.4 Å². The van der Waals surface area contributed by atoms with E-state index in [2.05, 4.69) is 22.4 Å². The maximum absolute atomic E-state index is 12.2. The van der Waals surface area contributed by atoms with Gasteiger partial charge >= 0.3 is 5.97 Å². The van der Waals surface area contributed by atoms with Gasteiger partial charge in [0.15, 0.2) is 5.69 Å². The van der Waals surface area contributed by atoms with E-state index < -0.39 is 11.9 Å². The Morgan fingerprint density at radius 2 is 2.09 bits per heavy atom. The predicted octanol–water partition coefficient (Wildman–Crippen LogP) is 2.21. The Morgan fingerprint density at radius 1 is 1.36 bits per heavy atom. The van der Waals surface area contributed by atoms with Gasteiger partial charge in [-0.1, -0.05) is 19.1 Å². The number of hydrogen-bond donors (Lipinski definition) is 3. The summed E-state index contributed by atoms with van der Waals surface area (Å²) in [7, 11) is 1.95. The van der Waals surface area contributed by atoms with Crippen LogP contribution in [0.4, 0.5) is 11.4 Å². The lowest BCUT2D eigenvalue weighted by Gasteiger charge is -2.21. The topological polar surface area (TPSA) is 98.3 Å². The second kappa shape index (κ2) is 6.75. The molecule has 0 saturated carbocycles. The highest BCUT2D eigenvalue weighted by molar-refractivity contribution is 6.05. The molecule has 1 heterocycles. The number of anilines is 2. The summed E-state index contributed by atoms with van der Waals surface area (Å²) in [5.74, 6) is -1.62. The monoisotopic (exact) mass is 302 g/mol. The molecule has 1 amide bonds. The summed E-state index contributed by atoms with van der Waals surface area (Å²) < 4.78 is 0. The number of carbonyl (C=O) groups excluding carboxylic acids is 1. The van der Waals surface area contributed by atoms with Crippen LogP contribution >= 0.6 is 0 Å². The minimum atomic E-state index is -1.16. The number of H-pyrrole nitrogens is 1. The highest BCUT2D eigenvalue weighted by Gasteiger charge is 2.16. The van der Waals surface area contributed by atoms with Gasteiger partial charge in [-0.25, -0.2) is 4.79 Å². The fraction of sp³-hybridized carbons (Fsp3) is 0.267. The van der Waals surface area contributed by atoms with Gasteiger partial charge in [0.1, 0.15) is 5.69 Å². The molecule has 116 valence electrons. The Balaban J connectivity index is 2.19. The van der Waals surface area contributed by atoms with E-state index in [-0.39, 0.29) is 11.4 Å². The fourth-order valence-electron chi connectivity index (χ4n) is 2.10. The van der Waals surface area contributed by atoms with Crippen molar-refractivity contribution < 1.29 is 14.7 Å². The number of nitrogens with zero attached hydrogens (tertiary/aromatic N) is 2. The first-order valence-corrected chi connectivity index (χ1v) is 6.93. The van der Waals surface area contributed by atoms with E-state index in [1.165, 1.54) is 6.07 Å². The van der Waals surface area contributed by atoms with Crippen molar-refractivity contribution in [3.63, 3.8) is 0 Å². The van der Waals surface area contributed by atoms with Crippen molar-refractivity contribution in [2.24, 2.45) is 0 Å². The molecule has 0 fully saturated rings. The molecule has 0 unspecified atom stereocenters. The number of carboxylic acids is 1. The van der Waals surface area contributed by atoms with Gasteiger partial charge in [-0.05, 0) is 18.6 Å². The lowest BCUT2D eigenvalue weighted by Crippen LogP contribution is -2.21. The van der Waals surface area contributed by atoms with E-state index >= 15 is 0 Å². The minimum absolute atomic E-state index is 0.0327. The van der Waals surface area contributed by atoms with E-state index in [1.807, 2.05) is 30.1 Å². The van der Waals surface area contributed by atoms with E-state index in [0.717, 1.165) is 18.7 Å². The van der Waals surface area contributed by atoms with Crippen molar-refractivity contribution in [3.8, 4) is 0 Å². The normalized spacial score (nSPS) is 10.3. The van der Waals surface area contributed by atoms with Crippen molar-refractivity contribution in [1.29, 1.82) is 0 Å². The molecule has 0 radical (unpaired) electrons. The average molecular weight is 302 g/mol. The van der Waals surface area contributed by atoms with Crippen LogP contribution in [0.25, 0.3) is 0 Å². The Bertz CT molecular complexity index is 681. The quantitative estimate of drug-likeness (QED) is 0.760. The van der Waals surface area contributed by atoms with Crippen molar-refractivity contribution in [2.45, 2.75) is 13.3 Å². The van der Waals surface area contributed by atoms with Crippen molar-refractivity contribution >= 4 is 23.3 Å². The van der Waals surface area contributed by atoms with Gasteiger partial charge in [-0.2, -0.15) is 5.10 Å². The maximum atomic E-state index is 12.2. The van der Waals surface area contributed by atoms with Gasteiger partial charge in [0.2, 0.25) is 0 Å². The van der Waals surface area contributed by atoms with Crippen LogP contribution in [0.5, 0.6) is 0 Å². The molecule has 0 aliphatic heterocycles. The molecule has 1 aromatic heterocycles. The Kier molecular flexibility index (Phi) is 4.77. The minimum Gasteiger partial charge on any atom is -0.477 e. The first kappa shape index (κ1) is 15.6. The molecule has 0 aliphatic carbocycles. The van der Waals surface area contributed by atoms with E-state index in [0.29, 0.717) is 5.69 Å². The third kappa shape index (κ3) is 3.43. The summed E-state index contributed by atoms with van der Waals surface area (Å²) in [5.41, 5.74) is 1.46. The van der Waals surface area contributed by atoms with Crippen LogP contribution in [0.3, 0.4) is 0 Å². The summed E-state index contributed by atoms with van der Waals surface area (Å²) in [4.78, 5) is 25.0. The summed E-state index contributed by atoms with van der Waals surface area (Å²) in [6, 6.07) is 8.64. The maximum Gasteiger partial charge on any atom is 0.353 e. The number of carbonyl (C=O) groups is 2. The van der Waals surface area contributed by atoms with Crippen LogP contribution in [0.2, 0.25) is 0 Å². The highest BCUT2D eigenvalue weighted by Crippen LogP contribution is 2.25.